The third-order valence-corrected chi connectivity index (χ3v) is 10.3. The number of anilines is 1. The molecule has 0 radical (unpaired) electrons. The highest BCUT2D eigenvalue weighted by molar-refractivity contribution is 14.1. The first-order valence-corrected chi connectivity index (χ1v) is 14.4. The molecule has 1 aliphatic heterocycles. The van der Waals surface area contributed by atoms with Crippen LogP contribution in [0.3, 0.4) is 0 Å². The Bertz CT molecular complexity index is 1390. The maximum Gasteiger partial charge on any atom is 0.214 e. The molecule has 4 aromatic rings. The summed E-state index contributed by atoms with van der Waals surface area (Å²) in [4.78, 5) is 13.0. The highest BCUT2D eigenvalue weighted by Crippen LogP contribution is 2.54. The molecule has 180 valence electrons. The van der Waals surface area contributed by atoms with Gasteiger partial charge in [0.25, 0.3) is 0 Å². The molecule has 1 saturated heterocycles. The highest BCUT2D eigenvalue weighted by atomic mass is 127. The van der Waals surface area contributed by atoms with Crippen molar-refractivity contribution in [2.24, 2.45) is 5.41 Å². The predicted octanol–water partition coefficient (Wildman–Crippen LogP) is 3.65. The van der Waals surface area contributed by atoms with E-state index in [9.17, 15) is 4.55 Å². The standard InChI is InChI=1S/C20H23ClIN9OS2/c1-19(2,3)34(32)29-13-12-10(33-17(21)24-12)8-20(13)4-6-30(7-5-20)18-25-15-11(14(22)26-27-15)16-28-23-9-31(16)18/h9,13,29H,4-8H2,1-3H3,(H,26,27)/t13-,34-/m1/s1. The summed E-state index contributed by atoms with van der Waals surface area (Å²) in [6.45, 7) is 7.56. The molecule has 0 amide bonds. The van der Waals surface area contributed by atoms with Crippen LogP contribution in [-0.4, -0.2) is 57.2 Å². The minimum absolute atomic E-state index is 0.0596. The number of H-pyrrole nitrogens is 1. The fraction of sp³-hybridized carbons (Fsp3) is 0.550. The average Bonchev–Trinajstić information content (AvgIpc) is 3.53. The van der Waals surface area contributed by atoms with Gasteiger partial charge in [0.15, 0.2) is 15.8 Å². The van der Waals surface area contributed by atoms with Gasteiger partial charge in [0.2, 0.25) is 5.95 Å². The molecule has 5 heterocycles. The van der Waals surface area contributed by atoms with E-state index in [1.807, 2.05) is 25.2 Å². The van der Waals surface area contributed by atoms with Gasteiger partial charge in [-0.25, -0.2) is 4.98 Å². The fourth-order valence-electron chi connectivity index (χ4n) is 5.00. The first-order chi connectivity index (χ1) is 16.2. The summed E-state index contributed by atoms with van der Waals surface area (Å²) < 4.78 is 19.5. The summed E-state index contributed by atoms with van der Waals surface area (Å²) in [5.74, 6) is 0.805. The Kier molecular flexibility index (Phi) is 5.54. The van der Waals surface area contributed by atoms with Crippen molar-refractivity contribution < 1.29 is 4.55 Å². The summed E-state index contributed by atoms with van der Waals surface area (Å²) in [5, 5.41) is 16.6. The molecule has 0 saturated carbocycles. The van der Waals surface area contributed by atoms with Gasteiger partial charge in [0.1, 0.15) is 20.8 Å². The van der Waals surface area contributed by atoms with E-state index in [-0.39, 0.29) is 16.2 Å². The number of nitrogens with one attached hydrogen (secondary N) is 2. The maximum atomic E-state index is 13.1. The number of fused-ring (bicyclic) bond motifs is 4. The molecular formula is C20H23ClIN9OS2. The van der Waals surface area contributed by atoms with Crippen molar-refractivity contribution in [1.82, 2.24) is 39.5 Å². The Labute approximate surface area is 221 Å². The van der Waals surface area contributed by atoms with E-state index in [1.165, 1.54) is 4.88 Å². The second kappa shape index (κ2) is 8.13. The van der Waals surface area contributed by atoms with Crippen LogP contribution in [0.2, 0.25) is 4.47 Å². The Morgan fingerprint density at radius 2 is 2.09 bits per heavy atom. The number of halogens is 2. The summed E-state index contributed by atoms with van der Waals surface area (Å²) in [5.41, 5.74) is 2.37. The molecule has 0 aromatic carbocycles. The van der Waals surface area contributed by atoms with E-state index in [0.29, 0.717) is 10.1 Å². The Morgan fingerprint density at radius 3 is 2.82 bits per heavy atom. The molecule has 14 heteroatoms. The zero-order chi connectivity index (χ0) is 23.8. The van der Waals surface area contributed by atoms with Gasteiger partial charge in [-0.2, -0.15) is 10.1 Å². The molecule has 34 heavy (non-hydrogen) atoms. The van der Waals surface area contributed by atoms with E-state index < -0.39 is 11.4 Å². The number of hydrogen-bond donors (Lipinski definition) is 2. The normalized spacial score (nSPS) is 21.1. The second-order valence-corrected chi connectivity index (χ2v) is 14.6. The maximum absolute atomic E-state index is 13.1. The minimum atomic E-state index is -1.21. The molecule has 2 N–H and O–H groups in total. The van der Waals surface area contributed by atoms with E-state index in [0.717, 1.165) is 58.7 Å². The van der Waals surface area contributed by atoms with E-state index >= 15 is 0 Å². The van der Waals surface area contributed by atoms with Gasteiger partial charge in [-0.15, -0.1) is 26.3 Å². The Balaban J connectivity index is 1.31. The van der Waals surface area contributed by atoms with Gasteiger partial charge in [-0.3, -0.25) is 9.50 Å². The largest absolute Gasteiger partial charge is 0.598 e. The summed E-state index contributed by atoms with van der Waals surface area (Å²) in [6.07, 6.45) is 4.43. The minimum Gasteiger partial charge on any atom is -0.598 e. The van der Waals surface area contributed by atoms with Crippen LogP contribution < -0.4 is 9.62 Å². The van der Waals surface area contributed by atoms with Crippen LogP contribution in [-0.2, 0) is 17.8 Å². The molecule has 6 rings (SSSR count). The zero-order valence-electron chi connectivity index (χ0n) is 18.8. The molecule has 4 aromatic heterocycles. The lowest BCUT2D eigenvalue weighted by Gasteiger charge is -2.43. The summed E-state index contributed by atoms with van der Waals surface area (Å²) in [7, 11) is 0. The van der Waals surface area contributed by atoms with Crippen LogP contribution in [0.5, 0.6) is 0 Å². The van der Waals surface area contributed by atoms with Crippen molar-refractivity contribution >= 4 is 79.5 Å². The van der Waals surface area contributed by atoms with E-state index in [1.54, 1.807) is 17.7 Å². The molecule has 0 unspecified atom stereocenters. The van der Waals surface area contributed by atoms with Crippen molar-refractivity contribution in [1.29, 1.82) is 0 Å². The number of piperidine rings is 1. The predicted molar refractivity (Wildman–Crippen MR) is 142 cm³/mol. The van der Waals surface area contributed by atoms with Crippen molar-refractivity contribution in [2.45, 2.75) is 50.8 Å². The van der Waals surface area contributed by atoms with Crippen LogP contribution in [0.4, 0.5) is 5.95 Å². The SMILES string of the molecule is CC(C)(C)[S@@+]([O-])N[C@@H]1c2nc(Cl)sc2CC12CCN(c1nc3[nH]nc(I)c3c3nncn13)CC2. The molecular weight excluding hydrogens is 609 g/mol. The number of rotatable bonds is 3. The quantitative estimate of drug-likeness (QED) is 0.260. The number of aromatic amines is 1. The van der Waals surface area contributed by atoms with Crippen molar-refractivity contribution in [2.75, 3.05) is 18.0 Å². The lowest BCUT2D eigenvalue weighted by Crippen LogP contribution is -2.50. The molecule has 1 spiro atoms. The Hall–Kier alpha value is -1.26. The van der Waals surface area contributed by atoms with Crippen LogP contribution in [0.25, 0.3) is 16.7 Å². The topological polar surface area (TPSA) is 123 Å². The number of aromatic nitrogens is 7. The van der Waals surface area contributed by atoms with Gasteiger partial charge in [0.05, 0.1) is 11.1 Å². The number of hydrogen-bond acceptors (Lipinski definition) is 9. The second-order valence-electron chi connectivity index (χ2n) is 9.91. The van der Waals surface area contributed by atoms with Gasteiger partial charge in [0, 0.05) is 34.7 Å². The van der Waals surface area contributed by atoms with E-state index in [4.69, 9.17) is 16.6 Å². The molecule has 1 aliphatic carbocycles. The zero-order valence-corrected chi connectivity index (χ0v) is 23.3. The smallest absolute Gasteiger partial charge is 0.214 e. The first kappa shape index (κ1) is 23.2. The third-order valence-electron chi connectivity index (χ3n) is 6.82. The lowest BCUT2D eigenvalue weighted by molar-refractivity contribution is 0.174. The van der Waals surface area contributed by atoms with Crippen LogP contribution in [0.15, 0.2) is 6.33 Å². The molecule has 1 fully saturated rings. The fourth-order valence-corrected chi connectivity index (χ4v) is 7.89. The van der Waals surface area contributed by atoms with Crippen molar-refractivity contribution in [3.63, 3.8) is 0 Å². The van der Waals surface area contributed by atoms with Crippen LogP contribution >= 0.6 is 45.5 Å². The van der Waals surface area contributed by atoms with Crippen molar-refractivity contribution in [3.05, 3.63) is 25.1 Å². The van der Waals surface area contributed by atoms with E-state index in [2.05, 4.69) is 57.6 Å². The molecule has 2 atom stereocenters. The lowest BCUT2D eigenvalue weighted by atomic mass is 9.73. The van der Waals surface area contributed by atoms with Crippen LogP contribution in [0, 0.1) is 9.12 Å². The third kappa shape index (κ3) is 3.61. The average molecular weight is 632 g/mol. The summed E-state index contributed by atoms with van der Waals surface area (Å²) >= 11 is 8.77. The van der Waals surface area contributed by atoms with Gasteiger partial charge < -0.3 is 9.45 Å². The highest BCUT2D eigenvalue weighted by Gasteiger charge is 2.52. The molecule has 10 nitrogen and oxygen atoms in total. The number of nitrogens with zero attached hydrogens (tertiary/aromatic N) is 7. The first-order valence-electron chi connectivity index (χ1n) is 11.0. The van der Waals surface area contributed by atoms with Gasteiger partial charge >= 0.3 is 0 Å². The monoisotopic (exact) mass is 631 g/mol. The van der Waals surface area contributed by atoms with Crippen LogP contribution in [0.1, 0.15) is 50.2 Å². The summed E-state index contributed by atoms with van der Waals surface area (Å²) in [6, 6.07) is -0.0898. The van der Waals surface area contributed by atoms with Gasteiger partial charge in [-0.05, 0) is 62.6 Å². The van der Waals surface area contributed by atoms with Crippen molar-refractivity contribution in [3.8, 4) is 0 Å². The number of thiazole rings is 1. The van der Waals surface area contributed by atoms with Gasteiger partial charge in [-0.1, -0.05) is 11.6 Å². The molecule has 0 bridgehead atoms. The Morgan fingerprint density at radius 1 is 1.32 bits per heavy atom. The molecule has 2 aliphatic rings.